The lowest BCUT2D eigenvalue weighted by atomic mass is 9.96. The van der Waals surface area contributed by atoms with E-state index in [2.05, 4.69) is 16.0 Å². The molecular formula is C39H39F2N3O8. The number of benzene rings is 4. The van der Waals surface area contributed by atoms with Crippen LogP contribution >= 0.6 is 0 Å². The average Bonchev–Trinajstić information content (AvgIpc) is 3.63. The van der Waals surface area contributed by atoms with Crippen molar-refractivity contribution < 1.29 is 46.9 Å². The Hall–Kier alpha value is -5.98. The predicted molar refractivity (Wildman–Crippen MR) is 186 cm³/mol. The second kappa shape index (κ2) is 17.3. The van der Waals surface area contributed by atoms with Crippen LogP contribution in [0, 0.1) is 5.92 Å². The summed E-state index contributed by atoms with van der Waals surface area (Å²) in [6.07, 6.45) is -1.31. The predicted octanol–water partition coefficient (Wildman–Crippen LogP) is 5.49. The maximum Gasteiger partial charge on any atom is 0.408 e. The number of rotatable bonds is 16. The molecule has 0 aromatic heterocycles. The minimum atomic E-state index is -4.54. The molecule has 0 bridgehead atoms. The lowest BCUT2D eigenvalue weighted by Crippen LogP contribution is -2.59. The average molecular weight is 716 g/mol. The van der Waals surface area contributed by atoms with E-state index < -0.39 is 54.0 Å². The molecule has 0 saturated heterocycles. The van der Waals surface area contributed by atoms with Crippen molar-refractivity contribution in [2.75, 3.05) is 6.79 Å². The van der Waals surface area contributed by atoms with Crippen LogP contribution < -0.4 is 30.2 Å². The molecule has 4 aromatic carbocycles. The van der Waals surface area contributed by atoms with Gasteiger partial charge in [0.25, 0.3) is 5.91 Å². The molecule has 1 heterocycles. The molecule has 4 aromatic rings. The first-order valence-corrected chi connectivity index (χ1v) is 16.6. The van der Waals surface area contributed by atoms with Crippen molar-refractivity contribution in [1.82, 2.24) is 16.0 Å². The van der Waals surface area contributed by atoms with Crippen LogP contribution in [0.3, 0.4) is 0 Å². The molecule has 3 N–H and O–H groups in total. The van der Waals surface area contributed by atoms with Crippen LogP contribution in [-0.4, -0.2) is 48.5 Å². The molecular weight excluding hydrogens is 676 g/mol. The fourth-order valence-electron chi connectivity index (χ4n) is 5.27. The van der Waals surface area contributed by atoms with Crippen molar-refractivity contribution in [3.05, 3.63) is 125 Å². The Morgan fingerprint density at radius 2 is 1.37 bits per heavy atom. The number of fused-ring (bicyclic) bond motifs is 1. The molecule has 2 atom stereocenters. The highest BCUT2D eigenvalue weighted by Gasteiger charge is 2.50. The van der Waals surface area contributed by atoms with Crippen molar-refractivity contribution in [3.63, 3.8) is 0 Å². The molecule has 0 spiro atoms. The number of nitrogens with one attached hydrogen (secondary N) is 3. The van der Waals surface area contributed by atoms with Gasteiger partial charge >= 0.3 is 12.0 Å². The molecule has 11 nitrogen and oxygen atoms in total. The fourth-order valence-corrected chi connectivity index (χ4v) is 5.27. The lowest BCUT2D eigenvalue weighted by Gasteiger charge is -2.27. The molecule has 3 amide bonds. The van der Waals surface area contributed by atoms with Gasteiger partial charge in [0, 0.05) is 13.0 Å². The van der Waals surface area contributed by atoms with Gasteiger partial charge in [0.1, 0.15) is 25.0 Å². The number of alkyl carbamates (subject to hydrolysis) is 1. The van der Waals surface area contributed by atoms with E-state index >= 15 is 8.78 Å². The molecule has 0 aliphatic carbocycles. The monoisotopic (exact) mass is 715 g/mol. The zero-order valence-corrected chi connectivity index (χ0v) is 28.6. The van der Waals surface area contributed by atoms with Crippen LogP contribution in [0.15, 0.2) is 103 Å². The Bertz CT molecular complexity index is 1840. The summed E-state index contributed by atoms with van der Waals surface area (Å²) >= 11 is 0. The second-order valence-electron chi connectivity index (χ2n) is 12.4. The summed E-state index contributed by atoms with van der Waals surface area (Å²) in [6, 6.07) is 26.2. The van der Waals surface area contributed by atoms with Gasteiger partial charge in [-0.2, -0.15) is 8.78 Å². The molecule has 52 heavy (non-hydrogen) atoms. The standard InChI is InChI=1S/C39H39F2N3O8/c1-25(2)34(44-38(48)50-23-28-11-7-4-8-12-28)36(46)43-31(19-26-13-16-30(17-14-26)49-22-27-9-5-3-6-10-27)35(45)39(40,41)37(47)42-21-29-15-18-32-33(20-29)52-24-51-32/h3-18,20,25,31,34H,19,21-24H2,1-2H3,(H,42,47)(H,43,46)(H,44,48)/t31?,34-/m0/s1. The first kappa shape index (κ1) is 37.3. The fraction of sp³-hybridized carbons (Fsp3) is 0.282. The van der Waals surface area contributed by atoms with Gasteiger partial charge in [0.15, 0.2) is 11.5 Å². The maximum absolute atomic E-state index is 15.6. The number of amides is 3. The molecule has 272 valence electrons. The SMILES string of the molecule is CC(C)[C@H](NC(=O)OCc1ccccc1)C(=O)NC(Cc1ccc(OCc2ccccc2)cc1)C(=O)C(F)(F)C(=O)NCc1ccc2c(c1)OCO2. The zero-order valence-electron chi connectivity index (χ0n) is 28.6. The Morgan fingerprint density at radius 3 is 2.02 bits per heavy atom. The topological polar surface area (TPSA) is 141 Å². The largest absolute Gasteiger partial charge is 0.489 e. The second-order valence-corrected chi connectivity index (χ2v) is 12.4. The van der Waals surface area contributed by atoms with Crippen molar-refractivity contribution in [1.29, 1.82) is 0 Å². The van der Waals surface area contributed by atoms with E-state index in [0.29, 0.717) is 40.5 Å². The smallest absolute Gasteiger partial charge is 0.408 e. The number of carbonyl (C=O) groups is 4. The lowest BCUT2D eigenvalue weighted by molar-refractivity contribution is -0.160. The minimum absolute atomic E-state index is 0.0102. The number of alkyl halides is 2. The molecule has 0 saturated carbocycles. The first-order valence-electron chi connectivity index (χ1n) is 16.6. The van der Waals surface area contributed by atoms with Crippen molar-refractivity contribution >= 4 is 23.7 Å². The Kier molecular flexibility index (Phi) is 12.4. The summed E-state index contributed by atoms with van der Waals surface area (Å²) in [5.74, 6) is -8.30. The summed E-state index contributed by atoms with van der Waals surface area (Å²) in [4.78, 5) is 52.5. The number of ether oxygens (including phenoxy) is 4. The number of ketones is 1. The molecule has 13 heteroatoms. The third-order valence-corrected chi connectivity index (χ3v) is 8.16. The number of halogens is 2. The van der Waals surface area contributed by atoms with Crippen LogP contribution in [0.1, 0.15) is 36.1 Å². The van der Waals surface area contributed by atoms with Crippen LogP contribution in [0.5, 0.6) is 17.2 Å². The Labute approximate surface area is 299 Å². The van der Waals surface area contributed by atoms with Gasteiger partial charge in [-0.05, 0) is 52.4 Å². The van der Waals surface area contributed by atoms with E-state index in [1.165, 1.54) is 6.07 Å². The molecule has 0 fully saturated rings. The van der Waals surface area contributed by atoms with Gasteiger partial charge < -0.3 is 34.9 Å². The highest BCUT2D eigenvalue weighted by molar-refractivity contribution is 6.10. The van der Waals surface area contributed by atoms with Crippen LogP contribution in [0.25, 0.3) is 0 Å². The number of Topliss-reactive ketones (excluding diaryl/α,β-unsaturated/α-hetero) is 1. The number of hydrogen-bond acceptors (Lipinski definition) is 8. The first-order chi connectivity index (χ1) is 25.0. The Balaban J connectivity index is 1.29. The summed E-state index contributed by atoms with van der Waals surface area (Å²) in [7, 11) is 0. The van der Waals surface area contributed by atoms with E-state index in [0.717, 1.165) is 5.56 Å². The van der Waals surface area contributed by atoms with Crippen LogP contribution in [0.2, 0.25) is 0 Å². The minimum Gasteiger partial charge on any atom is -0.489 e. The Morgan fingerprint density at radius 1 is 0.750 bits per heavy atom. The van der Waals surface area contributed by atoms with Gasteiger partial charge in [0.2, 0.25) is 18.5 Å². The summed E-state index contributed by atoms with van der Waals surface area (Å²) in [5.41, 5.74) is 2.49. The van der Waals surface area contributed by atoms with E-state index in [1.54, 1.807) is 80.6 Å². The normalized spacial score (nSPS) is 13.1. The van der Waals surface area contributed by atoms with Gasteiger partial charge in [-0.15, -0.1) is 0 Å². The number of hydrogen-bond donors (Lipinski definition) is 3. The summed E-state index contributed by atoms with van der Waals surface area (Å²) in [5, 5.41) is 6.93. The quantitative estimate of drug-likeness (QED) is 0.129. The van der Waals surface area contributed by atoms with Crippen molar-refractivity contribution in [2.24, 2.45) is 5.92 Å². The zero-order chi connectivity index (χ0) is 37.1. The van der Waals surface area contributed by atoms with E-state index in [4.69, 9.17) is 18.9 Å². The van der Waals surface area contributed by atoms with Crippen LogP contribution in [-0.2, 0) is 45.3 Å². The molecule has 1 aliphatic heterocycles. The van der Waals surface area contributed by atoms with E-state index in [-0.39, 0.29) is 19.9 Å². The van der Waals surface area contributed by atoms with E-state index in [1.807, 2.05) is 30.3 Å². The summed E-state index contributed by atoms with van der Waals surface area (Å²) < 4.78 is 52.8. The maximum atomic E-state index is 15.6. The third-order valence-electron chi connectivity index (χ3n) is 8.16. The van der Waals surface area contributed by atoms with Gasteiger partial charge in [-0.25, -0.2) is 4.79 Å². The van der Waals surface area contributed by atoms with E-state index in [9.17, 15) is 19.2 Å². The molecule has 0 radical (unpaired) electrons. The van der Waals surface area contributed by atoms with Gasteiger partial charge in [-0.1, -0.05) is 92.7 Å². The third kappa shape index (κ3) is 10.1. The highest BCUT2D eigenvalue weighted by Crippen LogP contribution is 2.32. The van der Waals surface area contributed by atoms with Crippen LogP contribution in [0.4, 0.5) is 13.6 Å². The molecule has 5 rings (SSSR count). The molecule has 1 unspecified atom stereocenters. The summed E-state index contributed by atoms with van der Waals surface area (Å²) in [6.45, 7) is 3.16. The van der Waals surface area contributed by atoms with Crippen molar-refractivity contribution in [2.45, 2.75) is 58.0 Å². The van der Waals surface area contributed by atoms with Crippen molar-refractivity contribution in [3.8, 4) is 17.2 Å². The highest BCUT2D eigenvalue weighted by atomic mass is 19.3. The number of carbonyl (C=O) groups excluding carboxylic acids is 4. The van der Waals surface area contributed by atoms with Gasteiger partial charge in [-0.3, -0.25) is 14.4 Å². The van der Waals surface area contributed by atoms with Gasteiger partial charge in [0.05, 0.1) is 6.04 Å². The molecule has 1 aliphatic rings.